The average Bonchev–Trinajstić information content (AvgIpc) is 2.89. The molecule has 1 atom stereocenters. The lowest BCUT2D eigenvalue weighted by molar-refractivity contribution is -0.111. The van der Waals surface area contributed by atoms with Crippen molar-refractivity contribution in [3.05, 3.63) is 65.2 Å². The third-order valence-electron chi connectivity index (χ3n) is 4.77. The molecule has 0 aliphatic carbocycles. The molecule has 0 aromatic heterocycles. The molecule has 3 rings (SSSR count). The minimum Gasteiger partial charge on any atom is -0.489 e. The summed E-state index contributed by atoms with van der Waals surface area (Å²) in [5.41, 5.74) is 1.29. The number of halogens is 2. The molecule has 1 fully saturated rings. The molecular formula is C21H24F2N2O2. The van der Waals surface area contributed by atoms with Crippen molar-refractivity contribution in [2.75, 3.05) is 6.54 Å². The third-order valence-corrected chi connectivity index (χ3v) is 4.77. The smallest absolute Gasteiger partial charge is 0.208 e. The van der Waals surface area contributed by atoms with Gasteiger partial charge in [0.15, 0.2) is 0 Å². The van der Waals surface area contributed by atoms with Gasteiger partial charge in [-0.3, -0.25) is 9.69 Å². The minimum absolute atomic E-state index is 0.0607. The lowest BCUT2D eigenvalue weighted by Gasteiger charge is -2.24. The quantitative estimate of drug-likeness (QED) is 0.749. The number of hydrogen-bond donors (Lipinski definition) is 1. The van der Waals surface area contributed by atoms with Crippen LogP contribution in [0.5, 0.6) is 5.75 Å². The number of ether oxygens (including phenoxy) is 1. The molecule has 0 unspecified atom stereocenters. The highest BCUT2D eigenvalue weighted by atomic mass is 19.1. The fourth-order valence-corrected chi connectivity index (χ4v) is 3.54. The first-order chi connectivity index (χ1) is 12.9. The molecule has 0 radical (unpaired) electrons. The predicted molar refractivity (Wildman–Crippen MR) is 98.9 cm³/mol. The van der Waals surface area contributed by atoms with E-state index in [1.807, 2.05) is 0 Å². The van der Waals surface area contributed by atoms with Crippen LogP contribution in [0.3, 0.4) is 0 Å². The van der Waals surface area contributed by atoms with E-state index in [9.17, 15) is 13.6 Å². The van der Waals surface area contributed by atoms with Crippen molar-refractivity contribution in [2.45, 2.75) is 39.6 Å². The Balaban J connectivity index is 1.65. The Labute approximate surface area is 158 Å². The number of nitrogens with zero attached hydrogens (tertiary/aromatic N) is 1. The summed E-state index contributed by atoms with van der Waals surface area (Å²) < 4.78 is 33.3. The first-order valence-electron chi connectivity index (χ1n) is 8.96. The van der Waals surface area contributed by atoms with Crippen LogP contribution in [0.2, 0.25) is 0 Å². The van der Waals surface area contributed by atoms with E-state index in [2.05, 4.69) is 24.1 Å². The van der Waals surface area contributed by atoms with Crippen molar-refractivity contribution >= 4 is 6.41 Å². The summed E-state index contributed by atoms with van der Waals surface area (Å²) in [4.78, 5) is 12.9. The van der Waals surface area contributed by atoms with E-state index in [4.69, 9.17) is 4.74 Å². The molecule has 1 aliphatic heterocycles. The number of carbonyl (C=O) groups excluding carboxylic acids is 1. The summed E-state index contributed by atoms with van der Waals surface area (Å²) in [6.45, 7) is 5.61. The molecule has 1 heterocycles. The SMILES string of the molecule is CC1(C)C[C@@H](NC=O)N(Cc2ccc(OCc3cccc(F)c3)cc2F)C1. The zero-order valence-corrected chi connectivity index (χ0v) is 15.5. The van der Waals surface area contributed by atoms with E-state index in [0.717, 1.165) is 13.0 Å². The number of likely N-dealkylation sites (tertiary alicyclic amines) is 1. The summed E-state index contributed by atoms with van der Waals surface area (Å²) in [7, 11) is 0. The van der Waals surface area contributed by atoms with Gasteiger partial charge in [-0.25, -0.2) is 8.78 Å². The van der Waals surface area contributed by atoms with E-state index < -0.39 is 0 Å². The first-order valence-corrected chi connectivity index (χ1v) is 8.96. The van der Waals surface area contributed by atoms with Crippen molar-refractivity contribution in [2.24, 2.45) is 5.41 Å². The number of hydrogen-bond acceptors (Lipinski definition) is 3. The van der Waals surface area contributed by atoms with E-state index in [-0.39, 0.29) is 29.8 Å². The van der Waals surface area contributed by atoms with Crippen molar-refractivity contribution in [3.8, 4) is 5.75 Å². The van der Waals surface area contributed by atoms with Gasteiger partial charge in [0.2, 0.25) is 6.41 Å². The van der Waals surface area contributed by atoms with Gasteiger partial charge in [0, 0.05) is 24.7 Å². The average molecular weight is 374 g/mol. The highest BCUT2D eigenvalue weighted by molar-refractivity contribution is 5.46. The lowest BCUT2D eigenvalue weighted by atomic mass is 9.92. The highest BCUT2D eigenvalue weighted by Crippen LogP contribution is 2.34. The summed E-state index contributed by atoms with van der Waals surface area (Å²) >= 11 is 0. The van der Waals surface area contributed by atoms with E-state index in [0.29, 0.717) is 29.8 Å². The zero-order chi connectivity index (χ0) is 19.4. The molecule has 2 aromatic rings. The Morgan fingerprint density at radius 2 is 2.07 bits per heavy atom. The van der Waals surface area contributed by atoms with Crippen LogP contribution in [-0.4, -0.2) is 24.0 Å². The summed E-state index contributed by atoms with van der Waals surface area (Å²) in [5.74, 6) is -0.296. The van der Waals surface area contributed by atoms with Crippen LogP contribution < -0.4 is 10.1 Å². The fourth-order valence-electron chi connectivity index (χ4n) is 3.54. The van der Waals surface area contributed by atoms with Crippen LogP contribution in [0, 0.1) is 17.0 Å². The molecule has 1 amide bonds. The van der Waals surface area contributed by atoms with Gasteiger partial charge < -0.3 is 10.1 Å². The van der Waals surface area contributed by atoms with Gasteiger partial charge in [-0.15, -0.1) is 0 Å². The molecule has 1 aliphatic rings. The molecule has 1 saturated heterocycles. The summed E-state index contributed by atoms with van der Waals surface area (Å²) in [5, 5.41) is 2.81. The summed E-state index contributed by atoms with van der Waals surface area (Å²) in [6, 6.07) is 10.9. The molecule has 1 N–H and O–H groups in total. The first kappa shape index (κ1) is 19.3. The maximum Gasteiger partial charge on any atom is 0.208 e. The van der Waals surface area contributed by atoms with Gasteiger partial charge in [0.1, 0.15) is 24.0 Å². The van der Waals surface area contributed by atoms with Crippen molar-refractivity contribution in [1.29, 1.82) is 0 Å². The predicted octanol–water partition coefficient (Wildman–Crippen LogP) is 3.85. The van der Waals surface area contributed by atoms with Crippen molar-refractivity contribution in [1.82, 2.24) is 10.2 Å². The second kappa shape index (κ2) is 8.05. The molecule has 2 aromatic carbocycles. The molecule has 27 heavy (non-hydrogen) atoms. The Hall–Kier alpha value is -2.47. The van der Waals surface area contributed by atoms with Gasteiger partial charge >= 0.3 is 0 Å². The van der Waals surface area contributed by atoms with Gasteiger partial charge in [-0.2, -0.15) is 0 Å². The highest BCUT2D eigenvalue weighted by Gasteiger charge is 2.37. The Morgan fingerprint density at radius 1 is 1.26 bits per heavy atom. The molecular weight excluding hydrogens is 350 g/mol. The third kappa shape index (κ3) is 5.04. The maximum absolute atomic E-state index is 14.5. The molecule has 144 valence electrons. The molecule has 6 heteroatoms. The summed E-state index contributed by atoms with van der Waals surface area (Å²) in [6.07, 6.45) is 1.42. The Kier molecular flexibility index (Phi) is 5.75. The van der Waals surface area contributed by atoms with Crippen molar-refractivity contribution < 1.29 is 18.3 Å². The van der Waals surface area contributed by atoms with E-state index >= 15 is 0 Å². The Morgan fingerprint density at radius 3 is 2.78 bits per heavy atom. The lowest BCUT2D eigenvalue weighted by Crippen LogP contribution is -2.40. The van der Waals surface area contributed by atoms with Crippen LogP contribution >= 0.6 is 0 Å². The number of benzene rings is 2. The standard InChI is InChI=1S/C21H24F2N2O2/c1-21(2)10-20(24-14-26)25(13-21)11-16-6-7-18(9-19(16)23)27-12-15-4-3-5-17(22)8-15/h3-9,14,20H,10-13H2,1-2H3,(H,24,26)/t20-/m0/s1. The van der Waals surface area contributed by atoms with Gasteiger partial charge in [0.25, 0.3) is 0 Å². The monoisotopic (exact) mass is 374 g/mol. The van der Waals surface area contributed by atoms with Gasteiger partial charge in [0.05, 0.1) is 6.17 Å². The number of amides is 1. The second-order valence-corrected chi connectivity index (χ2v) is 7.75. The molecule has 0 bridgehead atoms. The van der Waals surface area contributed by atoms with Crippen LogP contribution in [0.15, 0.2) is 42.5 Å². The van der Waals surface area contributed by atoms with Crippen molar-refractivity contribution in [3.63, 3.8) is 0 Å². The van der Waals surface area contributed by atoms with Crippen LogP contribution in [0.25, 0.3) is 0 Å². The number of carbonyl (C=O) groups is 1. The second-order valence-electron chi connectivity index (χ2n) is 7.75. The van der Waals surface area contributed by atoms with Gasteiger partial charge in [-0.05, 0) is 35.6 Å². The van der Waals surface area contributed by atoms with Crippen LogP contribution in [0.4, 0.5) is 8.78 Å². The Bertz CT molecular complexity index is 811. The number of rotatable bonds is 7. The molecule has 0 spiro atoms. The number of nitrogens with one attached hydrogen (secondary N) is 1. The van der Waals surface area contributed by atoms with E-state index in [1.165, 1.54) is 18.2 Å². The minimum atomic E-state index is -0.360. The largest absolute Gasteiger partial charge is 0.489 e. The van der Waals surface area contributed by atoms with Crippen LogP contribution in [-0.2, 0) is 17.9 Å². The maximum atomic E-state index is 14.5. The van der Waals surface area contributed by atoms with E-state index in [1.54, 1.807) is 24.3 Å². The molecule has 0 saturated carbocycles. The topological polar surface area (TPSA) is 41.6 Å². The van der Waals surface area contributed by atoms with Crippen LogP contribution in [0.1, 0.15) is 31.4 Å². The van der Waals surface area contributed by atoms with Gasteiger partial charge in [-0.1, -0.05) is 32.0 Å². The molecule has 4 nitrogen and oxygen atoms in total. The fraction of sp³-hybridized carbons (Fsp3) is 0.381. The normalized spacial score (nSPS) is 19.0. The zero-order valence-electron chi connectivity index (χ0n) is 15.5.